The Morgan fingerprint density at radius 3 is 2.12 bits per heavy atom. The average molecular weight is 465 g/mol. The lowest BCUT2D eigenvalue weighted by Crippen LogP contribution is -2.56. The maximum atomic E-state index is 12.8. The van der Waals surface area contributed by atoms with Crippen LogP contribution < -0.4 is 33.2 Å². The molecule has 0 aliphatic carbocycles. The minimum Gasteiger partial charge on any atom is -0.480 e. The number of carbonyl (C=O) groups excluding carboxylic acids is 4. The summed E-state index contributed by atoms with van der Waals surface area (Å²) in [6.45, 7) is -0.313. The lowest BCUT2D eigenvalue weighted by Gasteiger charge is -2.23. The van der Waals surface area contributed by atoms with Crippen LogP contribution in [0.4, 0.5) is 0 Å². The van der Waals surface area contributed by atoms with Crippen molar-refractivity contribution < 1.29 is 29.1 Å². The maximum absolute atomic E-state index is 12.8. The van der Waals surface area contributed by atoms with Crippen LogP contribution in [0.3, 0.4) is 0 Å². The van der Waals surface area contributed by atoms with E-state index in [2.05, 4.69) is 16.0 Å². The van der Waals surface area contributed by atoms with Crippen molar-refractivity contribution in [2.24, 2.45) is 17.2 Å². The SMILES string of the molecule is NCCCCC(NC(=O)C(N)Cc1ccccc1)C(=O)NC(CC(N)=O)C(=O)NCC(=O)O. The number of amides is 4. The quantitative estimate of drug-likeness (QED) is 0.140. The molecule has 0 aliphatic rings. The van der Waals surface area contributed by atoms with Gasteiger partial charge in [-0.05, 0) is 37.8 Å². The van der Waals surface area contributed by atoms with Crippen molar-refractivity contribution in [3.8, 4) is 0 Å². The molecule has 0 saturated carbocycles. The van der Waals surface area contributed by atoms with Crippen molar-refractivity contribution in [2.45, 2.75) is 50.2 Å². The Morgan fingerprint density at radius 1 is 0.909 bits per heavy atom. The van der Waals surface area contributed by atoms with E-state index >= 15 is 0 Å². The lowest BCUT2D eigenvalue weighted by molar-refractivity contribution is -0.138. The van der Waals surface area contributed by atoms with E-state index in [1.165, 1.54) is 0 Å². The first-order valence-corrected chi connectivity index (χ1v) is 10.5. The van der Waals surface area contributed by atoms with Crippen LogP contribution in [0, 0.1) is 0 Å². The van der Waals surface area contributed by atoms with Crippen LogP contribution in [-0.2, 0) is 30.4 Å². The summed E-state index contributed by atoms with van der Waals surface area (Å²) >= 11 is 0. The highest BCUT2D eigenvalue weighted by Gasteiger charge is 2.29. The van der Waals surface area contributed by atoms with Gasteiger partial charge in [0.2, 0.25) is 23.6 Å². The van der Waals surface area contributed by atoms with E-state index < -0.39 is 60.7 Å². The number of hydrogen-bond acceptors (Lipinski definition) is 7. The number of carboxylic acid groups (broad SMARTS) is 1. The topological polar surface area (TPSA) is 220 Å². The largest absolute Gasteiger partial charge is 0.480 e. The molecule has 0 aromatic heterocycles. The normalized spacial score (nSPS) is 13.3. The van der Waals surface area contributed by atoms with Gasteiger partial charge in [-0.3, -0.25) is 24.0 Å². The molecule has 1 aromatic rings. The van der Waals surface area contributed by atoms with Crippen molar-refractivity contribution >= 4 is 29.6 Å². The monoisotopic (exact) mass is 464 g/mol. The number of aliphatic carboxylic acids is 1. The van der Waals surface area contributed by atoms with Crippen molar-refractivity contribution in [2.75, 3.05) is 13.1 Å². The molecule has 12 heteroatoms. The third-order valence-corrected chi connectivity index (χ3v) is 4.67. The van der Waals surface area contributed by atoms with Gasteiger partial charge >= 0.3 is 5.97 Å². The average Bonchev–Trinajstić information content (AvgIpc) is 2.76. The van der Waals surface area contributed by atoms with Gasteiger partial charge < -0.3 is 38.3 Å². The number of unbranched alkanes of at least 4 members (excludes halogenated alkanes) is 1. The Bertz CT molecular complexity index is 819. The summed E-state index contributed by atoms with van der Waals surface area (Å²) in [5, 5.41) is 15.7. The zero-order chi connectivity index (χ0) is 24.8. The van der Waals surface area contributed by atoms with Gasteiger partial charge in [-0.25, -0.2) is 0 Å². The van der Waals surface area contributed by atoms with E-state index in [-0.39, 0.29) is 12.8 Å². The molecule has 0 saturated heterocycles. The Kier molecular flexibility index (Phi) is 12.1. The molecular weight excluding hydrogens is 432 g/mol. The fourth-order valence-electron chi connectivity index (χ4n) is 2.97. The minimum atomic E-state index is -1.40. The first kappa shape index (κ1) is 27.5. The fraction of sp³-hybridized carbons (Fsp3) is 0.476. The second-order valence-corrected chi connectivity index (χ2v) is 7.49. The molecule has 1 rings (SSSR count). The molecule has 0 aliphatic heterocycles. The van der Waals surface area contributed by atoms with Gasteiger partial charge in [0.25, 0.3) is 0 Å². The molecule has 182 valence electrons. The third kappa shape index (κ3) is 11.1. The highest BCUT2D eigenvalue weighted by atomic mass is 16.4. The van der Waals surface area contributed by atoms with Gasteiger partial charge in [0.15, 0.2) is 0 Å². The summed E-state index contributed by atoms with van der Waals surface area (Å²) in [4.78, 5) is 59.7. The van der Waals surface area contributed by atoms with E-state index in [0.29, 0.717) is 19.4 Å². The molecule has 1 aromatic carbocycles. The molecule has 0 radical (unpaired) electrons. The van der Waals surface area contributed by atoms with E-state index in [9.17, 15) is 24.0 Å². The summed E-state index contributed by atoms with van der Waals surface area (Å²) in [7, 11) is 0. The zero-order valence-electron chi connectivity index (χ0n) is 18.3. The first-order chi connectivity index (χ1) is 15.6. The van der Waals surface area contributed by atoms with Gasteiger partial charge in [-0.1, -0.05) is 30.3 Å². The third-order valence-electron chi connectivity index (χ3n) is 4.67. The summed E-state index contributed by atoms with van der Waals surface area (Å²) < 4.78 is 0. The molecule has 0 spiro atoms. The van der Waals surface area contributed by atoms with Crippen LogP contribution >= 0.6 is 0 Å². The maximum Gasteiger partial charge on any atom is 0.322 e. The van der Waals surface area contributed by atoms with E-state index in [0.717, 1.165) is 5.56 Å². The van der Waals surface area contributed by atoms with Crippen LogP contribution in [0.5, 0.6) is 0 Å². The molecule has 12 nitrogen and oxygen atoms in total. The Hall–Kier alpha value is -3.51. The molecule has 4 amide bonds. The molecule has 33 heavy (non-hydrogen) atoms. The molecule has 3 unspecified atom stereocenters. The van der Waals surface area contributed by atoms with Crippen LogP contribution in [0.2, 0.25) is 0 Å². The summed E-state index contributed by atoms with van der Waals surface area (Å²) in [6, 6.07) is 5.74. The predicted octanol–water partition coefficient (Wildman–Crippen LogP) is -2.27. The standard InChI is InChI=1S/C21H32N6O6/c22-9-5-4-8-15(26-19(31)14(23)10-13-6-2-1-3-7-13)21(33)27-16(11-17(24)28)20(32)25-12-18(29)30/h1-3,6-7,14-16H,4-5,8-12,22-23H2,(H2,24,28)(H,25,32)(H,26,31)(H,27,33)(H,29,30). The van der Waals surface area contributed by atoms with Crippen LogP contribution in [0.15, 0.2) is 30.3 Å². The number of carboxylic acids is 1. The number of hydrogen-bond donors (Lipinski definition) is 7. The second-order valence-electron chi connectivity index (χ2n) is 7.49. The van der Waals surface area contributed by atoms with Gasteiger partial charge in [-0.15, -0.1) is 0 Å². The Morgan fingerprint density at radius 2 is 1.55 bits per heavy atom. The molecular formula is C21H32N6O6. The number of benzene rings is 1. The van der Waals surface area contributed by atoms with Crippen LogP contribution in [0.1, 0.15) is 31.2 Å². The highest BCUT2D eigenvalue weighted by Crippen LogP contribution is 2.06. The van der Waals surface area contributed by atoms with E-state index in [1.54, 1.807) is 0 Å². The summed E-state index contributed by atoms with van der Waals surface area (Å²) in [6.07, 6.45) is 1.03. The Labute approximate surface area is 191 Å². The molecule has 0 heterocycles. The summed E-state index contributed by atoms with van der Waals surface area (Å²) in [5.74, 6) is -4.36. The first-order valence-electron chi connectivity index (χ1n) is 10.5. The van der Waals surface area contributed by atoms with Crippen molar-refractivity contribution in [1.82, 2.24) is 16.0 Å². The van der Waals surface area contributed by atoms with Gasteiger partial charge in [0, 0.05) is 0 Å². The van der Waals surface area contributed by atoms with Crippen molar-refractivity contribution in [3.05, 3.63) is 35.9 Å². The number of primary amides is 1. The Balaban J connectivity index is 2.87. The van der Waals surface area contributed by atoms with E-state index in [4.69, 9.17) is 22.3 Å². The van der Waals surface area contributed by atoms with Gasteiger partial charge in [0.1, 0.15) is 18.6 Å². The number of carbonyl (C=O) groups is 5. The highest BCUT2D eigenvalue weighted by molar-refractivity contribution is 5.95. The summed E-state index contributed by atoms with van der Waals surface area (Å²) in [5.41, 5.74) is 17.5. The number of rotatable bonds is 15. The van der Waals surface area contributed by atoms with Crippen LogP contribution in [0.25, 0.3) is 0 Å². The molecule has 0 bridgehead atoms. The molecule has 0 fully saturated rings. The van der Waals surface area contributed by atoms with Crippen molar-refractivity contribution in [1.29, 1.82) is 0 Å². The van der Waals surface area contributed by atoms with Gasteiger partial charge in [-0.2, -0.15) is 0 Å². The van der Waals surface area contributed by atoms with E-state index in [1.807, 2.05) is 30.3 Å². The second kappa shape index (κ2) is 14.5. The minimum absolute atomic E-state index is 0.215. The lowest BCUT2D eigenvalue weighted by atomic mass is 10.0. The predicted molar refractivity (Wildman–Crippen MR) is 119 cm³/mol. The number of nitrogens with one attached hydrogen (secondary N) is 3. The zero-order valence-corrected chi connectivity index (χ0v) is 18.3. The molecule has 3 atom stereocenters. The smallest absolute Gasteiger partial charge is 0.322 e. The fourth-order valence-corrected chi connectivity index (χ4v) is 2.97. The molecule has 10 N–H and O–H groups in total. The number of nitrogens with two attached hydrogens (primary N) is 3. The van der Waals surface area contributed by atoms with Gasteiger partial charge in [0.05, 0.1) is 12.5 Å². The van der Waals surface area contributed by atoms with Crippen LogP contribution in [-0.4, -0.2) is 65.9 Å². The van der Waals surface area contributed by atoms with Crippen molar-refractivity contribution in [3.63, 3.8) is 0 Å².